The first kappa shape index (κ1) is 20.2. The molecule has 0 aliphatic rings. The molecular weight excluding hydrogens is 387 g/mol. The lowest BCUT2D eigenvalue weighted by molar-refractivity contribution is 0.471. The van der Waals surface area contributed by atoms with E-state index < -0.39 is 7.92 Å². The van der Waals surface area contributed by atoms with Gasteiger partial charge in [0.05, 0.1) is 0 Å². The summed E-state index contributed by atoms with van der Waals surface area (Å²) in [5.41, 5.74) is 3.22. The first-order chi connectivity index (χ1) is 14.6. The van der Waals surface area contributed by atoms with E-state index in [9.17, 15) is 10.2 Å². The Morgan fingerprint density at radius 2 is 1.20 bits per heavy atom. The fourth-order valence-corrected chi connectivity index (χ4v) is 6.33. The second kappa shape index (κ2) is 9.15. The number of benzene rings is 4. The summed E-state index contributed by atoms with van der Waals surface area (Å²) in [6.45, 7) is 1.93. The first-order valence-corrected chi connectivity index (χ1v) is 11.6. The molecule has 1 unspecified atom stereocenters. The molecule has 3 heteroatoms. The summed E-state index contributed by atoms with van der Waals surface area (Å²) in [6.07, 6.45) is 0.943. The predicted octanol–water partition coefficient (Wildman–Crippen LogP) is 5.67. The second-order valence-corrected chi connectivity index (χ2v) is 9.73. The lowest BCUT2D eigenvalue weighted by Crippen LogP contribution is -2.18. The molecule has 4 rings (SSSR count). The highest BCUT2D eigenvalue weighted by Crippen LogP contribution is 2.42. The van der Waals surface area contributed by atoms with Gasteiger partial charge < -0.3 is 10.2 Å². The van der Waals surface area contributed by atoms with Gasteiger partial charge in [-0.25, -0.2) is 0 Å². The highest BCUT2D eigenvalue weighted by molar-refractivity contribution is 7.73. The average molecular weight is 412 g/mol. The Labute approximate surface area is 179 Å². The molecule has 1 atom stereocenters. The van der Waals surface area contributed by atoms with Crippen LogP contribution in [0.25, 0.3) is 0 Å². The van der Waals surface area contributed by atoms with Gasteiger partial charge in [0.1, 0.15) is 11.5 Å². The van der Waals surface area contributed by atoms with Gasteiger partial charge in [0.25, 0.3) is 0 Å². The molecule has 0 aromatic heterocycles. The molecule has 0 saturated heterocycles. The molecule has 0 aliphatic heterocycles. The van der Waals surface area contributed by atoms with Crippen molar-refractivity contribution in [1.29, 1.82) is 0 Å². The number of aryl methyl sites for hydroxylation is 1. The lowest BCUT2D eigenvalue weighted by atomic mass is 9.92. The number of phenolic OH excluding ortho intramolecular Hbond substituents is 2. The van der Waals surface area contributed by atoms with Crippen LogP contribution in [0.5, 0.6) is 11.5 Å². The Morgan fingerprint density at radius 3 is 1.73 bits per heavy atom. The van der Waals surface area contributed by atoms with E-state index in [4.69, 9.17) is 0 Å². The van der Waals surface area contributed by atoms with E-state index in [1.54, 1.807) is 18.2 Å². The molecule has 2 nitrogen and oxygen atoms in total. The standard InChI is InChI=1S/C27H25O2P/c1-20-18-22(14-17-27(20)29)26(21-12-15-23(28)16-13-21)19-30(24-8-4-2-5-9-24)25-10-6-3-7-11-25/h2-18,26,28-29H,19H2,1H3. The molecule has 0 amide bonds. The molecule has 30 heavy (non-hydrogen) atoms. The Bertz CT molecular complexity index is 1050. The van der Waals surface area contributed by atoms with Crippen LogP contribution in [0.1, 0.15) is 22.6 Å². The maximum atomic E-state index is 10.0. The van der Waals surface area contributed by atoms with Crippen LogP contribution < -0.4 is 10.6 Å². The van der Waals surface area contributed by atoms with Crippen molar-refractivity contribution >= 4 is 18.5 Å². The SMILES string of the molecule is Cc1cc(C(CP(c2ccccc2)c2ccccc2)c2ccc(O)cc2)ccc1O. The van der Waals surface area contributed by atoms with Crippen LogP contribution in [0.3, 0.4) is 0 Å². The molecule has 0 bridgehead atoms. The molecule has 0 aliphatic carbocycles. The average Bonchev–Trinajstić information content (AvgIpc) is 2.79. The topological polar surface area (TPSA) is 40.5 Å². The third-order valence-corrected chi connectivity index (χ3v) is 7.99. The maximum Gasteiger partial charge on any atom is 0.118 e. The summed E-state index contributed by atoms with van der Waals surface area (Å²) in [5.74, 6) is 0.737. The third-order valence-electron chi connectivity index (χ3n) is 5.42. The quantitative estimate of drug-likeness (QED) is 0.401. The number of rotatable bonds is 6. The molecule has 0 spiro atoms. The van der Waals surface area contributed by atoms with E-state index in [2.05, 4.69) is 66.7 Å². The summed E-state index contributed by atoms with van der Waals surface area (Å²) in [4.78, 5) is 0. The molecular formula is C27H25O2P. The second-order valence-electron chi connectivity index (χ2n) is 7.47. The van der Waals surface area contributed by atoms with Crippen LogP contribution in [-0.4, -0.2) is 16.4 Å². The Balaban J connectivity index is 1.80. The Kier molecular flexibility index (Phi) is 6.16. The normalized spacial score (nSPS) is 12.1. The minimum absolute atomic E-state index is 0.149. The van der Waals surface area contributed by atoms with Crippen molar-refractivity contribution in [1.82, 2.24) is 0 Å². The van der Waals surface area contributed by atoms with Gasteiger partial charge in [0.2, 0.25) is 0 Å². The van der Waals surface area contributed by atoms with Gasteiger partial charge >= 0.3 is 0 Å². The monoisotopic (exact) mass is 412 g/mol. The molecule has 4 aromatic carbocycles. The van der Waals surface area contributed by atoms with Gasteiger partial charge in [-0.3, -0.25) is 0 Å². The number of hydrogen-bond donors (Lipinski definition) is 2. The Hall–Kier alpha value is -3.09. The van der Waals surface area contributed by atoms with Crippen molar-refractivity contribution in [3.05, 3.63) is 120 Å². The van der Waals surface area contributed by atoms with Gasteiger partial charge in [-0.15, -0.1) is 0 Å². The van der Waals surface area contributed by atoms with E-state index in [-0.39, 0.29) is 11.7 Å². The molecule has 0 radical (unpaired) electrons. The number of hydrogen-bond acceptors (Lipinski definition) is 2. The number of phenols is 2. The summed E-state index contributed by atoms with van der Waals surface area (Å²) in [7, 11) is -0.587. The van der Waals surface area contributed by atoms with E-state index >= 15 is 0 Å². The molecule has 4 aromatic rings. The zero-order chi connectivity index (χ0) is 20.9. The smallest absolute Gasteiger partial charge is 0.118 e. The van der Waals surface area contributed by atoms with Gasteiger partial charge in [-0.1, -0.05) is 84.9 Å². The van der Waals surface area contributed by atoms with Crippen molar-refractivity contribution in [2.45, 2.75) is 12.8 Å². The summed E-state index contributed by atoms with van der Waals surface area (Å²) >= 11 is 0. The van der Waals surface area contributed by atoms with E-state index in [0.29, 0.717) is 5.75 Å². The van der Waals surface area contributed by atoms with Crippen LogP contribution in [0.2, 0.25) is 0 Å². The minimum Gasteiger partial charge on any atom is -0.508 e. The summed E-state index contributed by atoms with van der Waals surface area (Å²) in [5, 5.41) is 22.5. The van der Waals surface area contributed by atoms with Gasteiger partial charge in [0.15, 0.2) is 0 Å². The van der Waals surface area contributed by atoms with Crippen molar-refractivity contribution in [3.63, 3.8) is 0 Å². The van der Waals surface area contributed by atoms with Gasteiger partial charge in [-0.2, -0.15) is 0 Å². The zero-order valence-corrected chi connectivity index (χ0v) is 17.8. The fourth-order valence-electron chi connectivity index (χ4n) is 3.76. The van der Waals surface area contributed by atoms with E-state index in [0.717, 1.165) is 17.3 Å². The van der Waals surface area contributed by atoms with Crippen molar-refractivity contribution in [3.8, 4) is 11.5 Å². The molecule has 0 fully saturated rings. The third kappa shape index (κ3) is 4.56. The van der Waals surface area contributed by atoms with E-state index in [1.807, 2.05) is 25.1 Å². The molecule has 0 saturated carbocycles. The van der Waals surface area contributed by atoms with Crippen LogP contribution in [0, 0.1) is 6.92 Å². The largest absolute Gasteiger partial charge is 0.508 e. The molecule has 2 N–H and O–H groups in total. The van der Waals surface area contributed by atoms with Crippen LogP contribution >= 0.6 is 7.92 Å². The maximum absolute atomic E-state index is 10.0. The van der Waals surface area contributed by atoms with Crippen LogP contribution in [0.4, 0.5) is 0 Å². The van der Waals surface area contributed by atoms with Crippen molar-refractivity contribution in [2.75, 3.05) is 6.16 Å². The zero-order valence-electron chi connectivity index (χ0n) is 16.9. The summed E-state index contributed by atoms with van der Waals surface area (Å²) < 4.78 is 0. The lowest BCUT2D eigenvalue weighted by Gasteiger charge is -2.26. The first-order valence-electron chi connectivity index (χ1n) is 10.1. The molecule has 150 valence electrons. The predicted molar refractivity (Wildman–Crippen MR) is 127 cm³/mol. The van der Waals surface area contributed by atoms with Crippen LogP contribution in [-0.2, 0) is 0 Å². The molecule has 0 heterocycles. The fraction of sp³-hybridized carbons (Fsp3) is 0.111. The highest BCUT2D eigenvalue weighted by atomic mass is 31.1. The van der Waals surface area contributed by atoms with Gasteiger partial charge in [-0.05, 0) is 66.5 Å². The highest BCUT2D eigenvalue weighted by Gasteiger charge is 2.23. The summed E-state index contributed by atoms with van der Waals surface area (Å²) in [6, 6.07) is 34.8. The van der Waals surface area contributed by atoms with Crippen LogP contribution in [0.15, 0.2) is 103 Å². The minimum atomic E-state index is -0.587. The number of aromatic hydroxyl groups is 2. The van der Waals surface area contributed by atoms with Gasteiger partial charge in [0, 0.05) is 5.92 Å². The Morgan fingerprint density at radius 1 is 0.667 bits per heavy atom. The van der Waals surface area contributed by atoms with Crippen molar-refractivity contribution < 1.29 is 10.2 Å². The van der Waals surface area contributed by atoms with Crippen molar-refractivity contribution in [2.24, 2.45) is 0 Å². The van der Waals surface area contributed by atoms with E-state index in [1.165, 1.54) is 16.2 Å².